The van der Waals surface area contributed by atoms with Crippen LogP contribution in [0.15, 0.2) is 0 Å². The van der Waals surface area contributed by atoms with Gasteiger partial charge in [0, 0.05) is 13.2 Å². The number of nitrogens with zero attached hydrogens (tertiary/aromatic N) is 1. The van der Waals surface area contributed by atoms with Crippen molar-refractivity contribution >= 4 is 15.5 Å². The lowest BCUT2D eigenvalue weighted by atomic mass is 10.2. The number of aliphatic hydroxyl groups is 1. The van der Waals surface area contributed by atoms with E-state index in [9.17, 15) is 9.13 Å². The van der Waals surface area contributed by atoms with Crippen LogP contribution in [0.4, 0.5) is 0 Å². The summed E-state index contributed by atoms with van der Waals surface area (Å²) in [5.41, 5.74) is 0. The van der Waals surface area contributed by atoms with Gasteiger partial charge in [-0.05, 0) is 12.8 Å². The van der Waals surface area contributed by atoms with Crippen molar-refractivity contribution in [1.82, 2.24) is 4.44 Å². The minimum atomic E-state index is -4.93. The van der Waals surface area contributed by atoms with Crippen molar-refractivity contribution in [3.05, 3.63) is 0 Å². The molecule has 0 aromatic rings. The Hall–Kier alpha value is 0.220. The maximum absolute atomic E-state index is 10.8. The first kappa shape index (κ1) is 16.2. The van der Waals surface area contributed by atoms with E-state index in [4.69, 9.17) is 24.7 Å². The van der Waals surface area contributed by atoms with Gasteiger partial charge in [0.1, 0.15) is 0 Å². The average molecular weight is 277 g/mol. The zero-order valence-corrected chi connectivity index (χ0v) is 10.4. The summed E-state index contributed by atoms with van der Waals surface area (Å²) in [7, 11) is -9.86. The van der Waals surface area contributed by atoms with Gasteiger partial charge in [-0.1, -0.05) is 12.8 Å². The molecule has 0 aromatic heterocycles. The fourth-order valence-corrected chi connectivity index (χ4v) is 3.15. The van der Waals surface area contributed by atoms with E-state index in [2.05, 4.69) is 0 Å². The maximum Gasteiger partial charge on any atom is 0.412 e. The molecule has 0 aliphatic carbocycles. The molecule has 0 rings (SSSR count). The van der Waals surface area contributed by atoms with Crippen LogP contribution in [0.2, 0.25) is 0 Å². The van der Waals surface area contributed by atoms with Crippen molar-refractivity contribution in [2.24, 2.45) is 0 Å². The van der Waals surface area contributed by atoms with Crippen molar-refractivity contribution < 1.29 is 33.8 Å². The first-order valence-electron chi connectivity index (χ1n) is 4.70. The van der Waals surface area contributed by atoms with Crippen LogP contribution in [0.3, 0.4) is 0 Å². The van der Waals surface area contributed by atoms with Gasteiger partial charge in [0.2, 0.25) is 0 Å². The highest BCUT2D eigenvalue weighted by molar-refractivity contribution is 7.65. The quantitative estimate of drug-likeness (QED) is 0.309. The fourth-order valence-electron chi connectivity index (χ4n) is 1.13. The molecule has 5 N–H and O–H groups in total. The largest absolute Gasteiger partial charge is 0.412 e. The minimum Gasteiger partial charge on any atom is -0.396 e. The van der Waals surface area contributed by atoms with Crippen LogP contribution in [0.5, 0.6) is 0 Å². The van der Waals surface area contributed by atoms with Crippen molar-refractivity contribution in [3.63, 3.8) is 0 Å². The Labute approximate surface area is 93.3 Å². The molecule has 8 nitrogen and oxygen atoms in total. The van der Waals surface area contributed by atoms with Crippen molar-refractivity contribution in [3.8, 4) is 0 Å². The topological polar surface area (TPSA) is 139 Å². The molecule has 0 unspecified atom stereocenters. The molecule has 0 aliphatic heterocycles. The Bertz CT molecular complexity index is 263. The lowest BCUT2D eigenvalue weighted by Gasteiger charge is -2.23. The highest BCUT2D eigenvalue weighted by atomic mass is 31.3. The molecule has 0 saturated heterocycles. The summed E-state index contributed by atoms with van der Waals surface area (Å²) < 4.78 is 21.5. The van der Waals surface area contributed by atoms with E-state index >= 15 is 0 Å². The first-order chi connectivity index (χ1) is 7.19. The molecule has 0 saturated carbocycles. The summed E-state index contributed by atoms with van der Waals surface area (Å²) in [5, 5.41) is 8.47. The number of aliphatic hydroxyl groups excluding tert-OH is 1. The Morgan fingerprint density at radius 3 is 1.62 bits per heavy atom. The van der Waals surface area contributed by atoms with Crippen molar-refractivity contribution in [2.45, 2.75) is 25.7 Å². The molecule has 0 aromatic carbocycles. The van der Waals surface area contributed by atoms with Crippen LogP contribution in [0, 0.1) is 0 Å². The summed E-state index contributed by atoms with van der Waals surface area (Å²) in [6.07, 6.45) is 1.99. The molecule has 10 heteroatoms. The Balaban J connectivity index is 4.17. The molecule has 0 aliphatic rings. The Morgan fingerprint density at radius 1 is 0.812 bits per heavy atom. The van der Waals surface area contributed by atoms with E-state index in [-0.39, 0.29) is 24.0 Å². The lowest BCUT2D eigenvalue weighted by molar-refractivity contribution is 0.263. The van der Waals surface area contributed by atoms with E-state index < -0.39 is 15.5 Å². The van der Waals surface area contributed by atoms with Gasteiger partial charge in [-0.25, -0.2) is 9.13 Å². The highest BCUT2D eigenvalue weighted by Gasteiger charge is 2.38. The Kier molecular flexibility index (Phi) is 6.93. The van der Waals surface area contributed by atoms with Gasteiger partial charge in [0.25, 0.3) is 0 Å². The maximum atomic E-state index is 10.8. The number of hydrogen-bond donors (Lipinski definition) is 5. The van der Waals surface area contributed by atoms with Gasteiger partial charge in [-0.2, -0.15) is 0 Å². The minimum absolute atomic E-state index is 0.0285. The van der Waals surface area contributed by atoms with E-state index in [0.29, 0.717) is 19.3 Å². The predicted octanol–water partition coefficient (Wildman–Crippen LogP) is 0.0265. The number of rotatable bonds is 8. The zero-order chi connectivity index (χ0) is 12.8. The summed E-state index contributed by atoms with van der Waals surface area (Å²) in [6.45, 7) is -0.347. The third-order valence-electron chi connectivity index (χ3n) is 1.87. The van der Waals surface area contributed by atoms with E-state index in [1.165, 1.54) is 0 Å². The molecule has 0 spiro atoms. The standard InChI is InChI=1S/C6H17NO7P2/c8-6-4-2-1-3-5-7(15(9,10)11)16(12,13)14/h8H,1-6H2,(H2,9,10,11)(H2,12,13,14). The van der Waals surface area contributed by atoms with E-state index in [1.807, 2.05) is 0 Å². The molecule has 0 amide bonds. The third kappa shape index (κ3) is 6.73. The monoisotopic (exact) mass is 277 g/mol. The van der Waals surface area contributed by atoms with Crippen molar-refractivity contribution in [1.29, 1.82) is 0 Å². The summed E-state index contributed by atoms with van der Waals surface area (Å²) >= 11 is 0. The van der Waals surface area contributed by atoms with Crippen LogP contribution >= 0.6 is 15.5 Å². The summed E-state index contributed by atoms with van der Waals surface area (Å²) in [6, 6.07) is 0. The molecule has 0 bridgehead atoms. The molecular formula is C6H17NO7P2. The SMILES string of the molecule is O=P(O)(O)N(CCCCCCO)P(=O)(O)O. The average Bonchev–Trinajstić information content (AvgIpc) is 2.06. The van der Waals surface area contributed by atoms with E-state index in [0.717, 1.165) is 0 Å². The van der Waals surface area contributed by atoms with Gasteiger partial charge >= 0.3 is 15.5 Å². The van der Waals surface area contributed by atoms with Crippen LogP contribution in [0.25, 0.3) is 0 Å². The molecule has 0 heterocycles. The summed E-state index contributed by atoms with van der Waals surface area (Å²) in [4.78, 5) is 34.9. The van der Waals surface area contributed by atoms with Crippen LogP contribution in [-0.2, 0) is 9.13 Å². The summed E-state index contributed by atoms with van der Waals surface area (Å²) in [5.74, 6) is 0. The van der Waals surface area contributed by atoms with Gasteiger partial charge in [0.15, 0.2) is 0 Å². The molecule has 0 fully saturated rings. The normalized spacial score (nSPS) is 13.4. The molecule has 16 heavy (non-hydrogen) atoms. The molecule has 98 valence electrons. The second-order valence-corrected chi connectivity index (χ2v) is 6.59. The van der Waals surface area contributed by atoms with Gasteiger partial charge < -0.3 is 24.7 Å². The first-order valence-corrected chi connectivity index (χ1v) is 7.83. The molecular weight excluding hydrogens is 260 g/mol. The second-order valence-electron chi connectivity index (χ2n) is 3.26. The Morgan fingerprint density at radius 2 is 1.25 bits per heavy atom. The van der Waals surface area contributed by atoms with Gasteiger partial charge in [-0.3, -0.25) is 0 Å². The van der Waals surface area contributed by atoms with Crippen LogP contribution < -0.4 is 0 Å². The highest BCUT2D eigenvalue weighted by Crippen LogP contribution is 2.57. The predicted molar refractivity (Wildman–Crippen MR) is 56.3 cm³/mol. The second kappa shape index (κ2) is 6.83. The number of unbranched alkanes of at least 4 members (excludes halogenated alkanes) is 3. The van der Waals surface area contributed by atoms with E-state index in [1.54, 1.807) is 0 Å². The van der Waals surface area contributed by atoms with Crippen LogP contribution in [0.1, 0.15) is 25.7 Å². The van der Waals surface area contributed by atoms with Crippen molar-refractivity contribution in [2.75, 3.05) is 13.2 Å². The zero-order valence-electron chi connectivity index (χ0n) is 8.64. The van der Waals surface area contributed by atoms with Crippen LogP contribution in [-0.4, -0.2) is 42.3 Å². The fraction of sp³-hybridized carbons (Fsp3) is 1.00. The molecule has 0 radical (unpaired) electrons. The van der Waals surface area contributed by atoms with Gasteiger partial charge in [-0.15, -0.1) is 4.44 Å². The van der Waals surface area contributed by atoms with Gasteiger partial charge in [0.05, 0.1) is 0 Å². The third-order valence-corrected chi connectivity index (χ3v) is 4.87. The smallest absolute Gasteiger partial charge is 0.396 e. The number of hydrogen-bond acceptors (Lipinski definition) is 3. The lowest BCUT2D eigenvalue weighted by Crippen LogP contribution is -2.18. The molecule has 0 atom stereocenters.